The Labute approximate surface area is 183 Å². The Morgan fingerprint density at radius 2 is 2.22 bits per heavy atom. The second-order valence-corrected chi connectivity index (χ2v) is 9.88. The third-order valence-electron chi connectivity index (χ3n) is 4.39. The minimum Gasteiger partial charge on any atom is -0.483 e. The quantitative estimate of drug-likeness (QED) is 0.494. The van der Waals surface area contributed by atoms with Crippen molar-refractivity contribution in [1.82, 2.24) is 0 Å². The van der Waals surface area contributed by atoms with Gasteiger partial charge in [0.15, 0.2) is 6.61 Å². The SMILES string of the molecule is CC1CCc2c(C#N)c(NC(=O)COc3ccc(Br)cc3Br)sc(=S)c2C1. The van der Waals surface area contributed by atoms with E-state index in [1.165, 1.54) is 11.3 Å². The van der Waals surface area contributed by atoms with Gasteiger partial charge in [-0.1, -0.05) is 35.1 Å². The predicted molar refractivity (Wildman–Crippen MR) is 117 cm³/mol. The summed E-state index contributed by atoms with van der Waals surface area (Å²) < 4.78 is 7.99. The van der Waals surface area contributed by atoms with Crippen LogP contribution in [0.1, 0.15) is 30.0 Å². The summed E-state index contributed by atoms with van der Waals surface area (Å²) in [6.07, 6.45) is 2.75. The molecule has 1 aromatic heterocycles. The van der Waals surface area contributed by atoms with E-state index in [0.29, 0.717) is 22.2 Å². The number of nitrogens with zero attached hydrogens (tertiary/aromatic N) is 1. The highest BCUT2D eigenvalue weighted by atomic mass is 79.9. The van der Waals surface area contributed by atoms with Gasteiger partial charge in [-0.15, -0.1) is 11.3 Å². The van der Waals surface area contributed by atoms with E-state index < -0.39 is 0 Å². The van der Waals surface area contributed by atoms with Crippen molar-refractivity contribution >= 4 is 66.3 Å². The van der Waals surface area contributed by atoms with E-state index in [1.807, 2.05) is 12.1 Å². The summed E-state index contributed by atoms with van der Waals surface area (Å²) >= 11 is 13.6. The summed E-state index contributed by atoms with van der Waals surface area (Å²) in [5.74, 6) is 0.813. The highest BCUT2D eigenvalue weighted by molar-refractivity contribution is 9.11. The van der Waals surface area contributed by atoms with Gasteiger partial charge in [-0.05, 0) is 70.4 Å². The number of anilines is 1. The van der Waals surface area contributed by atoms with Crippen LogP contribution in [0.5, 0.6) is 5.75 Å². The molecule has 2 aromatic rings. The standard InChI is InChI=1S/C19H16Br2N2O2S2/c1-10-2-4-12-13(6-10)19(26)27-18(14(12)8-22)23-17(24)9-25-16-5-3-11(20)7-15(16)21/h3,5,7,10H,2,4,6,9H2,1H3,(H,23,24). The number of nitriles is 1. The topological polar surface area (TPSA) is 62.1 Å². The summed E-state index contributed by atoms with van der Waals surface area (Å²) in [7, 11) is 0. The van der Waals surface area contributed by atoms with Gasteiger partial charge < -0.3 is 10.1 Å². The average molecular weight is 528 g/mol. The van der Waals surface area contributed by atoms with Gasteiger partial charge in [0.05, 0.1) is 13.9 Å². The number of ether oxygens (including phenoxy) is 1. The first-order valence-electron chi connectivity index (χ1n) is 8.35. The van der Waals surface area contributed by atoms with Crippen LogP contribution in [0.3, 0.4) is 0 Å². The van der Waals surface area contributed by atoms with Gasteiger partial charge >= 0.3 is 0 Å². The monoisotopic (exact) mass is 526 g/mol. The van der Waals surface area contributed by atoms with Crippen LogP contribution >= 0.6 is 55.4 Å². The summed E-state index contributed by atoms with van der Waals surface area (Å²) in [4.78, 5) is 12.4. The van der Waals surface area contributed by atoms with Crippen molar-refractivity contribution in [3.63, 3.8) is 0 Å². The number of halogens is 2. The zero-order valence-electron chi connectivity index (χ0n) is 14.5. The van der Waals surface area contributed by atoms with Gasteiger partial charge in [0.1, 0.15) is 16.8 Å². The van der Waals surface area contributed by atoms with Gasteiger partial charge in [-0.25, -0.2) is 0 Å². The van der Waals surface area contributed by atoms with E-state index >= 15 is 0 Å². The molecule has 27 heavy (non-hydrogen) atoms. The first-order valence-corrected chi connectivity index (χ1v) is 11.2. The van der Waals surface area contributed by atoms with E-state index in [9.17, 15) is 10.1 Å². The predicted octanol–water partition coefficient (Wildman–Crippen LogP) is 6.02. The summed E-state index contributed by atoms with van der Waals surface area (Å²) in [5, 5.41) is 13.0. The molecule has 1 unspecified atom stereocenters. The minimum absolute atomic E-state index is 0.154. The van der Waals surface area contributed by atoms with Gasteiger partial charge in [0.2, 0.25) is 0 Å². The van der Waals surface area contributed by atoms with Crippen LogP contribution in [-0.4, -0.2) is 12.5 Å². The zero-order valence-corrected chi connectivity index (χ0v) is 19.3. The lowest BCUT2D eigenvalue weighted by atomic mass is 9.85. The van der Waals surface area contributed by atoms with Gasteiger partial charge in [-0.3, -0.25) is 4.79 Å². The number of carbonyl (C=O) groups excluding carboxylic acids is 1. The molecule has 1 N–H and O–H groups in total. The van der Waals surface area contributed by atoms with Crippen molar-refractivity contribution in [2.45, 2.75) is 26.2 Å². The molecular weight excluding hydrogens is 512 g/mol. The van der Waals surface area contributed by atoms with E-state index in [1.54, 1.807) is 6.07 Å². The molecule has 3 rings (SSSR count). The number of hydrogen-bond donors (Lipinski definition) is 1. The normalized spacial score (nSPS) is 15.6. The van der Waals surface area contributed by atoms with E-state index in [2.05, 4.69) is 50.2 Å². The van der Waals surface area contributed by atoms with E-state index in [4.69, 9.17) is 17.0 Å². The van der Waals surface area contributed by atoms with Crippen molar-refractivity contribution < 1.29 is 9.53 Å². The van der Waals surface area contributed by atoms with Crippen LogP contribution in [-0.2, 0) is 17.6 Å². The molecule has 1 aromatic carbocycles. The largest absolute Gasteiger partial charge is 0.483 e. The number of benzene rings is 1. The first kappa shape index (κ1) is 20.5. The summed E-state index contributed by atoms with van der Waals surface area (Å²) in [5.41, 5.74) is 2.62. The molecule has 0 saturated heterocycles. The Morgan fingerprint density at radius 3 is 2.93 bits per heavy atom. The number of carbonyl (C=O) groups is 1. The number of rotatable bonds is 4. The molecule has 0 saturated carbocycles. The molecule has 1 atom stereocenters. The smallest absolute Gasteiger partial charge is 0.262 e. The maximum Gasteiger partial charge on any atom is 0.262 e. The fraction of sp³-hybridized carbons (Fsp3) is 0.316. The molecule has 8 heteroatoms. The van der Waals surface area contributed by atoms with Crippen molar-refractivity contribution in [3.8, 4) is 11.8 Å². The first-order chi connectivity index (χ1) is 12.9. The highest BCUT2D eigenvalue weighted by Crippen LogP contribution is 2.36. The molecule has 0 spiro atoms. The third-order valence-corrected chi connectivity index (χ3v) is 6.94. The Bertz CT molecular complexity index is 998. The molecule has 4 nitrogen and oxygen atoms in total. The van der Waals surface area contributed by atoms with Crippen LogP contribution in [0.15, 0.2) is 27.1 Å². The fourth-order valence-electron chi connectivity index (χ4n) is 3.04. The lowest BCUT2D eigenvalue weighted by Gasteiger charge is -2.23. The zero-order chi connectivity index (χ0) is 19.6. The Hall–Kier alpha value is -1.27. The number of fused-ring (bicyclic) bond motifs is 1. The van der Waals surface area contributed by atoms with Gasteiger partial charge in [0, 0.05) is 4.47 Å². The summed E-state index contributed by atoms with van der Waals surface area (Å²) in [6.45, 7) is 2.04. The Morgan fingerprint density at radius 1 is 1.44 bits per heavy atom. The average Bonchev–Trinajstić information content (AvgIpc) is 2.62. The van der Waals surface area contributed by atoms with Crippen LogP contribution < -0.4 is 10.1 Å². The number of hydrogen-bond acceptors (Lipinski definition) is 5. The molecule has 1 aliphatic rings. The lowest BCUT2D eigenvalue weighted by Crippen LogP contribution is -2.21. The van der Waals surface area contributed by atoms with E-state index in [-0.39, 0.29) is 12.5 Å². The Balaban J connectivity index is 1.77. The second kappa shape index (κ2) is 8.82. The van der Waals surface area contributed by atoms with Crippen molar-refractivity contribution in [2.24, 2.45) is 5.92 Å². The van der Waals surface area contributed by atoms with Crippen LogP contribution in [0.25, 0.3) is 0 Å². The Kier molecular flexibility index (Phi) is 6.69. The fourth-order valence-corrected chi connectivity index (χ4v) is 5.61. The molecule has 140 valence electrons. The molecule has 0 fully saturated rings. The maximum absolute atomic E-state index is 12.4. The van der Waals surface area contributed by atoms with Crippen molar-refractivity contribution in [2.75, 3.05) is 11.9 Å². The maximum atomic E-state index is 12.4. The van der Waals surface area contributed by atoms with Crippen LogP contribution in [0.4, 0.5) is 5.00 Å². The highest BCUT2D eigenvalue weighted by Gasteiger charge is 2.23. The van der Waals surface area contributed by atoms with Crippen molar-refractivity contribution in [1.29, 1.82) is 5.26 Å². The van der Waals surface area contributed by atoms with Crippen LogP contribution in [0, 0.1) is 21.1 Å². The number of nitrogens with one attached hydrogen (secondary N) is 1. The van der Waals surface area contributed by atoms with Gasteiger partial charge in [-0.2, -0.15) is 5.26 Å². The third kappa shape index (κ3) is 4.77. The lowest BCUT2D eigenvalue weighted by molar-refractivity contribution is -0.118. The van der Waals surface area contributed by atoms with Gasteiger partial charge in [0.25, 0.3) is 5.91 Å². The van der Waals surface area contributed by atoms with Crippen LogP contribution in [0.2, 0.25) is 0 Å². The molecule has 0 bridgehead atoms. The molecule has 0 radical (unpaired) electrons. The minimum atomic E-state index is -0.323. The molecule has 1 heterocycles. The summed E-state index contributed by atoms with van der Waals surface area (Å²) in [6, 6.07) is 7.71. The number of amides is 1. The molecular formula is C19H16Br2N2O2S2. The van der Waals surface area contributed by atoms with Crippen molar-refractivity contribution in [3.05, 3.63) is 47.7 Å². The van der Waals surface area contributed by atoms with E-state index in [0.717, 1.165) is 43.2 Å². The molecule has 1 amide bonds. The molecule has 1 aliphatic carbocycles. The second-order valence-electron chi connectivity index (χ2n) is 6.42. The molecule has 0 aliphatic heterocycles.